The summed E-state index contributed by atoms with van der Waals surface area (Å²) in [5.74, 6) is 1.52. The fourth-order valence-electron chi connectivity index (χ4n) is 13.2. The van der Waals surface area contributed by atoms with E-state index in [9.17, 15) is 4.79 Å². The Morgan fingerprint density at radius 1 is 0.259 bits per heavy atom. The predicted octanol–water partition coefficient (Wildman–Crippen LogP) is 14.6. The summed E-state index contributed by atoms with van der Waals surface area (Å²) < 4.78 is 126. The Hall–Kier alpha value is -9.65. The van der Waals surface area contributed by atoms with Crippen LogP contribution in [0.4, 0.5) is 0 Å². The minimum atomic E-state index is -1.49. The molecule has 3 aliphatic heterocycles. The van der Waals surface area contributed by atoms with Crippen molar-refractivity contribution in [2.24, 2.45) is 0 Å². The lowest BCUT2D eigenvalue weighted by Gasteiger charge is -2.51. The summed E-state index contributed by atoms with van der Waals surface area (Å²) >= 11 is 0. The standard InChI is InChI=1S/C89H92O19/c1-91-70-44-48-72(49-45-70)94-60-74-76(78(96-52-62-28-12-4-13-29-62)83(100-56-66-36-20-8-21-37-66)87(104-74)103-59-69-42-26-11-27-43-69)106-88-84(101-57-67-38-22-9-23-39-67)79(97-53-63-30-14-5-15-31-63)77(75(105-88)61-95-73-50-46-71(92-2)47-51-73)107-89-85(102-58-68-40-24-10-25-41-68)81(99-55-65-34-18-7-19-35-65)80(82(108-89)86(90)93-3)98-54-64-32-16-6-17-33-64/h4-51,74-85,87-89H,52-61H2,1-3H3/t74-,75-,76+,77+,78+,79+,80-,81+,82+,83-,84-,85-,87-,88-,89+/m1/s1. The second-order valence-corrected chi connectivity index (χ2v) is 26.3. The fourth-order valence-corrected chi connectivity index (χ4v) is 13.2. The molecular weight excluding hydrogens is 1370 g/mol. The number of carbonyl (C=O) groups is 1. The van der Waals surface area contributed by atoms with E-state index in [2.05, 4.69) is 0 Å². The van der Waals surface area contributed by atoms with Crippen LogP contribution < -0.4 is 18.9 Å². The first-order valence-corrected chi connectivity index (χ1v) is 36.4. The van der Waals surface area contributed by atoms with Crippen LogP contribution in [0.5, 0.6) is 23.0 Å². The molecule has 0 spiro atoms. The summed E-state index contributed by atoms with van der Waals surface area (Å²) in [7, 11) is 4.52. The van der Waals surface area contributed by atoms with Crippen LogP contribution in [0.1, 0.15) is 44.5 Å². The molecule has 0 aromatic heterocycles. The number of esters is 1. The van der Waals surface area contributed by atoms with E-state index in [0.29, 0.717) is 23.0 Å². The molecule has 15 atom stereocenters. The van der Waals surface area contributed by atoms with Gasteiger partial charge in [0.2, 0.25) is 0 Å². The van der Waals surface area contributed by atoms with Gasteiger partial charge in [0.05, 0.1) is 74.2 Å². The van der Waals surface area contributed by atoms with Crippen LogP contribution in [-0.4, -0.2) is 133 Å². The average Bonchev–Trinajstić information content (AvgIpc) is 0.759. The van der Waals surface area contributed by atoms with Crippen molar-refractivity contribution >= 4 is 5.97 Å². The number of carbonyl (C=O) groups excluding carboxylic acids is 1. The molecule has 13 rings (SSSR count). The van der Waals surface area contributed by atoms with Crippen molar-refractivity contribution in [3.05, 3.63) is 336 Å². The molecule has 0 aliphatic carbocycles. The molecule has 0 N–H and O–H groups in total. The average molecular weight is 1470 g/mol. The molecule has 0 unspecified atom stereocenters. The smallest absolute Gasteiger partial charge is 0.337 e. The van der Waals surface area contributed by atoms with E-state index in [1.165, 1.54) is 7.11 Å². The molecular formula is C89H92O19. The number of ether oxygens (including phenoxy) is 18. The zero-order valence-corrected chi connectivity index (χ0v) is 60.7. The van der Waals surface area contributed by atoms with E-state index >= 15 is 0 Å². The molecule has 10 aromatic rings. The molecule has 0 saturated carbocycles. The monoisotopic (exact) mass is 1460 g/mol. The van der Waals surface area contributed by atoms with E-state index in [1.807, 2.05) is 267 Å². The maximum atomic E-state index is 14.8. The van der Waals surface area contributed by atoms with Gasteiger partial charge in [0.25, 0.3) is 0 Å². The van der Waals surface area contributed by atoms with Crippen LogP contribution in [0.2, 0.25) is 0 Å². The molecule has 3 saturated heterocycles. The molecule has 3 heterocycles. The normalized spacial score (nSPS) is 24.1. The van der Waals surface area contributed by atoms with Crippen molar-refractivity contribution in [3.8, 4) is 23.0 Å². The maximum absolute atomic E-state index is 14.8. The fraction of sp³-hybridized carbons (Fsp3) is 0.315. The number of methoxy groups -OCH3 is 3. The Balaban J connectivity index is 0.956. The second-order valence-electron chi connectivity index (χ2n) is 26.3. The lowest BCUT2D eigenvalue weighted by Crippen LogP contribution is -2.68. The third-order valence-electron chi connectivity index (χ3n) is 18.9. The van der Waals surface area contributed by atoms with E-state index in [-0.39, 0.29) is 66.1 Å². The Morgan fingerprint density at radius 3 is 0.796 bits per heavy atom. The zero-order valence-electron chi connectivity index (χ0n) is 60.7. The first-order valence-electron chi connectivity index (χ1n) is 36.4. The lowest BCUT2D eigenvalue weighted by molar-refractivity contribution is -0.392. The van der Waals surface area contributed by atoms with Crippen LogP contribution >= 0.6 is 0 Å². The predicted molar refractivity (Wildman–Crippen MR) is 401 cm³/mol. The van der Waals surface area contributed by atoms with Crippen LogP contribution in [0.25, 0.3) is 0 Å². The highest BCUT2D eigenvalue weighted by atomic mass is 16.8. The maximum Gasteiger partial charge on any atom is 0.337 e. The van der Waals surface area contributed by atoms with E-state index < -0.39 is 98.1 Å². The molecule has 562 valence electrons. The summed E-state index contributed by atoms with van der Waals surface area (Å²) in [6, 6.07) is 92.8. The van der Waals surface area contributed by atoms with Gasteiger partial charge in [0, 0.05) is 0 Å². The number of benzene rings is 10. The van der Waals surface area contributed by atoms with Gasteiger partial charge in [0.15, 0.2) is 25.0 Å². The van der Waals surface area contributed by atoms with Crippen molar-refractivity contribution in [3.63, 3.8) is 0 Å². The SMILES string of the molecule is COC(=O)[C@H]1O[C@H](O[C@@H]2[C@H](OCc3ccccc3)[C@@H](OCc3ccccc3)[C@@H](O[C@@H]3[C@H](OCc4ccccc4)[C@@H](OCc4ccccc4)[C@H](OCc4ccccc4)O[C@@H]3COc3ccc(OC)cc3)O[C@@H]2COc2ccc(OC)cc2)[C@H](OCc2ccccc2)[C@@H](OCc2ccccc2)[C@H]1OCc1ccccc1. The highest BCUT2D eigenvalue weighted by Gasteiger charge is 2.58. The van der Waals surface area contributed by atoms with Crippen molar-refractivity contribution in [2.75, 3.05) is 34.5 Å². The van der Waals surface area contributed by atoms with Crippen molar-refractivity contribution in [2.45, 2.75) is 145 Å². The number of hydrogen-bond donors (Lipinski definition) is 0. The summed E-state index contributed by atoms with van der Waals surface area (Å²) in [5, 5.41) is 0. The first-order chi connectivity index (χ1) is 53.3. The molecule has 3 fully saturated rings. The Morgan fingerprint density at radius 2 is 0.500 bits per heavy atom. The molecule has 19 heteroatoms. The van der Waals surface area contributed by atoms with Crippen LogP contribution in [0, 0.1) is 0 Å². The molecule has 10 aromatic carbocycles. The van der Waals surface area contributed by atoms with Gasteiger partial charge in [0.1, 0.15) is 103 Å². The molecule has 0 amide bonds. The quantitative estimate of drug-likeness (QED) is 0.0335. The summed E-state index contributed by atoms with van der Waals surface area (Å²) in [5.41, 5.74) is 6.88. The number of rotatable bonds is 37. The Kier molecular flexibility index (Phi) is 28.3. The summed E-state index contributed by atoms with van der Waals surface area (Å²) in [6.45, 7) is 0.369. The largest absolute Gasteiger partial charge is 0.497 e. The van der Waals surface area contributed by atoms with Gasteiger partial charge in [-0.05, 0) is 93.0 Å². The highest BCUT2D eigenvalue weighted by Crippen LogP contribution is 2.41. The van der Waals surface area contributed by atoms with Crippen molar-refractivity contribution < 1.29 is 90.1 Å². The highest BCUT2D eigenvalue weighted by molar-refractivity contribution is 5.75. The van der Waals surface area contributed by atoms with E-state index in [1.54, 1.807) is 38.5 Å². The van der Waals surface area contributed by atoms with Gasteiger partial charge >= 0.3 is 5.97 Å². The van der Waals surface area contributed by atoms with E-state index in [4.69, 9.17) is 85.3 Å². The van der Waals surface area contributed by atoms with Crippen molar-refractivity contribution in [1.29, 1.82) is 0 Å². The van der Waals surface area contributed by atoms with Gasteiger partial charge in [-0.15, -0.1) is 0 Å². The topological polar surface area (TPSA) is 183 Å². The van der Waals surface area contributed by atoms with E-state index in [0.717, 1.165) is 44.5 Å². The van der Waals surface area contributed by atoms with Crippen LogP contribution in [-0.2, 0) is 124 Å². The summed E-state index contributed by atoms with van der Waals surface area (Å²) in [6.07, 6.45) is -17.8. The van der Waals surface area contributed by atoms with Gasteiger partial charge < -0.3 is 85.3 Å². The molecule has 0 bridgehead atoms. The number of hydrogen-bond acceptors (Lipinski definition) is 19. The molecule has 0 radical (unpaired) electrons. The minimum Gasteiger partial charge on any atom is -0.497 e. The van der Waals surface area contributed by atoms with Gasteiger partial charge in [-0.1, -0.05) is 243 Å². The third kappa shape index (κ3) is 21.4. The van der Waals surface area contributed by atoms with Gasteiger partial charge in [-0.25, -0.2) is 4.79 Å². The molecule has 3 aliphatic rings. The Labute approximate surface area is 631 Å². The van der Waals surface area contributed by atoms with Crippen LogP contribution in [0.15, 0.2) is 291 Å². The van der Waals surface area contributed by atoms with Crippen molar-refractivity contribution in [1.82, 2.24) is 0 Å². The lowest BCUT2D eigenvalue weighted by atomic mass is 9.94. The van der Waals surface area contributed by atoms with Gasteiger partial charge in [-0.2, -0.15) is 0 Å². The molecule has 19 nitrogen and oxygen atoms in total. The summed E-state index contributed by atoms with van der Waals surface area (Å²) in [4.78, 5) is 14.8. The minimum absolute atomic E-state index is 0.0277. The first kappa shape index (κ1) is 76.5. The molecule has 108 heavy (non-hydrogen) atoms. The zero-order chi connectivity index (χ0) is 73.9. The Bertz CT molecular complexity index is 4180. The van der Waals surface area contributed by atoms with Gasteiger partial charge in [-0.3, -0.25) is 0 Å². The third-order valence-corrected chi connectivity index (χ3v) is 18.9. The van der Waals surface area contributed by atoms with Crippen LogP contribution in [0.3, 0.4) is 0 Å². The second kappa shape index (κ2) is 40.0.